The van der Waals surface area contributed by atoms with E-state index in [1.807, 2.05) is 6.07 Å². The summed E-state index contributed by atoms with van der Waals surface area (Å²) in [5, 5.41) is 12.5. The Morgan fingerprint density at radius 3 is 2.58 bits per heavy atom. The Hall–Kier alpha value is -1.73. The van der Waals surface area contributed by atoms with E-state index in [9.17, 15) is 0 Å². The Kier molecular flexibility index (Phi) is 6.17. The summed E-state index contributed by atoms with van der Waals surface area (Å²) in [7, 11) is 1.63. The minimum absolute atomic E-state index is 0.277. The highest BCUT2D eigenvalue weighted by molar-refractivity contribution is 5.60. The summed E-state index contributed by atoms with van der Waals surface area (Å²) in [4.78, 5) is 2.35. The molecule has 0 aliphatic heterocycles. The van der Waals surface area contributed by atoms with E-state index in [4.69, 9.17) is 10.00 Å². The Morgan fingerprint density at radius 1 is 1.37 bits per heavy atom. The minimum atomic E-state index is 0.277. The summed E-state index contributed by atoms with van der Waals surface area (Å²) < 4.78 is 5.20. The first-order valence-corrected chi connectivity index (χ1v) is 6.71. The molecule has 0 saturated carbocycles. The number of benzene rings is 1. The number of likely N-dealkylation sites (N-methyl/N-ethyl adjacent to an activating group) is 1. The van der Waals surface area contributed by atoms with Crippen molar-refractivity contribution in [1.82, 2.24) is 4.90 Å². The lowest BCUT2D eigenvalue weighted by Crippen LogP contribution is -2.34. The predicted molar refractivity (Wildman–Crippen MR) is 78.6 cm³/mol. The third kappa shape index (κ3) is 4.46. The average Bonchev–Trinajstić information content (AvgIpc) is 2.44. The zero-order valence-electron chi connectivity index (χ0n) is 12.2. The zero-order valence-corrected chi connectivity index (χ0v) is 12.2. The van der Waals surface area contributed by atoms with E-state index in [-0.39, 0.29) is 6.04 Å². The minimum Gasteiger partial charge on any atom is -0.497 e. The lowest BCUT2D eigenvalue weighted by atomic mass is 10.1. The van der Waals surface area contributed by atoms with Gasteiger partial charge in [0.25, 0.3) is 0 Å². The highest BCUT2D eigenvalue weighted by Crippen LogP contribution is 2.22. The number of nitriles is 1. The van der Waals surface area contributed by atoms with Gasteiger partial charge in [-0.15, -0.1) is 0 Å². The lowest BCUT2D eigenvalue weighted by molar-refractivity contribution is 0.295. The van der Waals surface area contributed by atoms with Gasteiger partial charge in [0.1, 0.15) is 11.8 Å². The van der Waals surface area contributed by atoms with Crippen LogP contribution in [0.2, 0.25) is 0 Å². The number of ether oxygens (including phenoxy) is 1. The maximum atomic E-state index is 9.13. The van der Waals surface area contributed by atoms with E-state index in [1.165, 1.54) is 0 Å². The van der Waals surface area contributed by atoms with Crippen LogP contribution >= 0.6 is 0 Å². The molecular weight excluding hydrogens is 238 g/mol. The van der Waals surface area contributed by atoms with Crippen LogP contribution in [0, 0.1) is 11.3 Å². The molecule has 0 heterocycles. The van der Waals surface area contributed by atoms with Gasteiger partial charge in [0, 0.05) is 18.7 Å². The van der Waals surface area contributed by atoms with E-state index < -0.39 is 0 Å². The molecule has 0 spiro atoms. The van der Waals surface area contributed by atoms with Crippen molar-refractivity contribution in [3.63, 3.8) is 0 Å². The first-order valence-electron chi connectivity index (χ1n) is 6.71. The Morgan fingerprint density at radius 2 is 2.05 bits per heavy atom. The molecule has 0 fully saturated rings. The van der Waals surface area contributed by atoms with Gasteiger partial charge in [0.15, 0.2) is 0 Å². The van der Waals surface area contributed by atoms with Crippen LogP contribution in [-0.4, -0.2) is 37.7 Å². The fraction of sp³-hybridized carbons (Fsp3) is 0.533. The largest absolute Gasteiger partial charge is 0.497 e. The summed E-state index contributed by atoms with van der Waals surface area (Å²) >= 11 is 0. The SMILES string of the molecule is CCN(CC)CC(C)Nc1cc(OC)ccc1C#N. The summed E-state index contributed by atoms with van der Waals surface area (Å²) in [6.45, 7) is 9.45. The molecule has 0 radical (unpaired) electrons. The Bertz CT molecular complexity index is 436. The van der Waals surface area contributed by atoms with Crippen LogP contribution in [0.5, 0.6) is 5.75 Å². The summed E-state index contributed by atoms with van der Waals surface area (Å²) in [5.41, 5.74) is 1.48. The Labute approximate surface area is 116 Å². The van der Waals surface area contributed by atoms with Crippen LogP contribution in [-0.2, 0) is 0 Å². The molecule has 1 rings (SSSR count). The monoisotopic (exact) mass is 261 g/mol. The van der Waals surface area contributed by atoms with E-state index in [0.717, 1.165) is 31.1 Å². The highest BCUT2D eigenvalue weighted by atomic mass is 16.5. The molecule has 4 heteroatoms. The molecule has 1 N–H and O–H groups in total. The first-order chi connectivity index (χ1) is 9.14. The number of hydrogen-bond donors (Lipinski definition) is 1. The van der Waals surface area contributed by atoms with Gasteiger partial charge >= 0.3 is 0 Å². The number of nitrogens with zero attached hydrogens (tertiary/aromatic N) is 2. The third-order valence-corrected chi connectivity index (χ3v) is 3.18. The fourth-order valence-electron chi connectivity index (χ4n) is 2.05. The van der Waals surface area contributed by atoms with Gasteiger partial charge in [-0.1, -0.05) is 13.8 Å². The number of rotatable bonds is 7. The second-order valence-corrected chi connectivity index (χ2v) is 4.55. The molecule has 19 heavy (non-hydrogen) atoms. The molecule has 1 atom stereocenters. The zero-order chi connectivity index (χ0) is 14.3. The molecule has 0 amide bonds. The maximum Gasteiger partial charge on any atom is 0.121 e. The van der Waals surface area contributed by atoms with E-state index >= 15 is 0 Å². The second-order valence-electron chi connectivity index (χ2n) is 4.55. The van der Waals surface area contributed by atoms with Gasteiger partial charge in [0.2, 0.25) is 0 Å². The van der Waals surface area contributed by atoms with Gasteiger partial charge in [-0.2, -0.15) is 5.26 Å². The molecule has 1 unspecified atom stereocenters. The normalized spacial score (nSPS) is 12.0. The van der Waals surface area contributed by atoms with E-state index in [1.54, 1.807) is 19.2 Å². The topological polar surface area (TPSA) is 48.3 Å². The van der Waals surface area contributed by atoms with Crippen LogP contribution in [0.1, 0.15) is 26.3 Å². The van der Waals surface area contributed by atoms with E-state index in [0.29, 0.717) is 5.56 Å². The van der Waals surface area contributed by atoms with Crippen LogP contribution in [0.15, 0.2) is 18.2 Å². The smallest absolute Gasteiger partial charge is 0.121 e. The molecule has 0 aliphatic rings. The standard InChI is InChI=1S/C15H23N3O/c1-5-18(6-2)11-12(3)17-15-9-14(19-4)8-7-13(15)10-16/h7-9,12,17H,5-6,11H2,1-4H3. The number of anilines is 1. The summed E-state index contributed by atoms with van der Waals surface area (Å²) in [5.74, 6) is 0.761. The molecule has 0 aliphatic carbocycles. The van der Waals surface area contributed by atoms with Crippen LogP contribution < -0.4 is 10.1 Å². The molecule has 1 aromatic carbocycles. The quantitative estimate of drug-likeness (QED) is 0.820. The van der Waals surface area contributed by atoms with Gasteiger partial charge in [-0.25, -0.2) is 0 Å². The molecule has 0 saturated heterocycles. The van der Waals surface area contributed by atoms with Crippen molar-refractivity contribution in [2.45, 2.75) is 26.8 Å². The third-order valence-electron chi connectivity index (χ3n) is 3.18. The predicted octanol–water partition coefficient (Wildman–Crippen LogP) is 2.71. The highest BCUT2D eigenvalue weighted by Gasteiger charge is 2.10. The number of nitrogens with one attached hydrogen (secondary N) is 1. The summed E-state index contributed by atoms with van der Waals surface area (Å²) in [6, 6.07) is 7.94. The van der Waals surface area contributed by atoms with Crippen molar-refractivity contribution >= 4 is 5.69 Å². The van der Waals surface area contributed by atoms with E-state index in [2.05, 4.69) is 37.1 Å². The van der Waals surface area contributed by atoms with Crippen molar-refractivity contribution in [3.8, 4) is 11.8 Å². The van der Waals surface area contributed by atoms with Crippen LogP contribution in [0.4, 0.5) is 5.69 Å². The van der Waals surface area contributed by atoms with Crippen LogP contribution in [0.25, 0.3) is 0 Å². The lowest BCUT2D eigenvalue weighted by Gasteiger charge is -2.24. The molecule has 0 aromatic heterocycles. The van der Waals surface area contributed by atoms with Crippen molar-refractivity contribution in [2.75, 3.05) is 32.1 Å². The molecule has 4 nitrogen and oxygen atoms in total. The van der Waals surface area contributed by atoms with Crippen molar-refractivity contribution in [1.29, 1.82) is 5.26 Å². The van der Waals surface area contributed by atoms with Crippen molar-refractivity contribution < 1.29 is 4.74 Å². The molecule has 0 bridgehead atoms. The number of methoxy groups -OCH3 is 1. The van der Waals surface area contributed by atoms with Crippen LogP contribution in [0.3, 0.4) is 0 Å². The number of hydrogen-bond acceptors (Lipinski definition) is 4. The maximum absolute atomic E-state index is 9.13. The van der Waals surface area contributed by atoms with Gasteiger partial charge in [-0.05, 0) is 32.1 Å². The van der Waals surface area contributed by atoms with Gasteiger partial charge in [-0.3, -0.25) is 0 Å². The molecular formula is C15H23N3O. The summed E-state index contributed by atoms with van der Waals surface area (Å²) in [6.07, 6.45) is 0. The molecule has 1 aromatic rings. The average molecular weight is 261 g/mol. The van der Waals surface area contributed by atoms with Gasteiger partial charge < -0.3 is 15.0 Å². The fourth-order valence-corrected chi connectivity index (χ4v) is 2.05. The second kappa shape index (κ2) is 7.65. The van der Waals surface area contributed by atoms with Crippen molar-refractivity contribution in [2.24, 2.45) is 0 Å². The first kappa shape index (κ1) is 15.3. The molecule has 104 valence electrons. The van der Waals surface area contributed by atoms with Crippen molar-refractivity contribution in [3.05, 3.63) is 23.8 Å². The van der Waals surface area contributed by atoms with Gasteiger partial charge in [0.05, 0.1) is 18.4 Å². The Balaban J connectivity index is 2.77.